The Bertz CT molecular complexity index is 1020. The van der Waals surface area contributed by atoms with E-state index in [9.17, 15) is 34.1 Å². The van der Waals surface area contributed by atoms with E-state index >= 15 is 0 Å². The van der Waals surface area contributed by atoms with Crippen LogP contribution in [-0.2, 0) is 32.7 Å². The highest BCUT2D eigenvalue weighted by Gasteiger charge is 2.28. The number of hydrogen-bond donors (Lipinski definition) is 4. The number of allylic oxidation sites excluding steroid dienone is 4. The number of ether oxygens (including phenoxy) is 1. The van der Waals surface area contributed by atoms with Crippen LogP contribution in [0.2, 0.25) is 0 Å². The molecule has 0 aliphatic heterocycles. The minimum Gasteiger partial charge on any atom is -0.480 e. The lowest BCUT2D eigenvalue weighted by molar-refractivity contribution is -0.147. The summed E-state index contributed by atoms with van der Waals surface area (Å²) >= 11 is 0. The molecule has 0 aliphatic rings. The maximum atomic E-state index is 12.3. The number of aliphatic hydroxyl groups excluding tert-OH is 1. The third-order valence-electron chi connectivity index (χ3n) is 9.21. The second kappa shape index (κ2) is 37.9. The molecule has 11 nitrogen and oxygen atoms in total. The molecule has 0 aromatic heterocycles. The van der Waals surface area contributed by atoms with Gasteiger partial charge in [0.1, 0.15) is 12.7 Å². The molecule has 0 rings (SSSR count). The minimum absolute atomic E-state index is 0.136. The zero-order chi connectivity index (χ0) is 40.0. The largest absolute Gasteiger partial charge is 0.480 e. The molecular weight excluding hydrogens is 709 g/mol. The topological polar surface area (TPSA) is 169 Å². The molecule has 0 spiro atoms. The second-order valence-electron chi connectivity index (χ2n) is 14.5. The number of carboxylic acids is 1. The first-order valence-corrected chi connectivity index (χ1v) is 22.9. The van der Waals surface area contributed by atoms with Crippen LogP contribution in [-0.4, -0.2) is 64.9 Å². The maximum Gasteiger partial charge on any atom is 0.472 e. The summed E-state index contributed by atoms with van der Waals surface area (Å²) < 4.78 is 26.8. The summed E-state index contributed by atoms with van der Waals surface area (Å²) in [7, 11) is -4.75. The van der Waals surface area contributed by atoms with Gasteiger partial charge in [-0.15, -0.1) is 0 Å². The van der Waals surface area contributed by atoms with E-state index in [1.165, 1.54) is 77.0 Å². The van der Waals surface area contributed by atoms with Gasteiger partial charge in [0.25, 0.3) is 0 Å². The number of aliphatic hydroxyl groups is 1. The molecule has 54 heavy (non-hydrogen) atoms. The van der Waals surface area contributed by atoms with Gasteiger partial charge in [0.05, 0.1) is 13.2 Å². The number of aliphatic carboxylic acids is 1. The number of amides is 1. The number of phosphoric acid groups is 1. The first kappa shape index (κ1) is 52.0. The number of carbonyl (C=O) groups excluding carboxylic acids is 2. The number of hydrogen-bond acceptors (Lipinski definition) is 8. The van der Waals surface area contributed by atoms with E-state index in [1.807, 2.05) is 0 Å². The van der Waals surface area contributed by atoms with Gasteiger partial charge >= 0.3 is 19.8 Å². The Morgan fingerprint density at radius 3 is 1.41 bits per heavy atom. The van der Waals surface area contributed by atoms with Gasteiger partial charge < -0.3 is 25.2 Å². The van der Waals surface area contributed by atoms with Crippen LogP contribution < -0.4 is 5.32 Å². The van der Waals surface area contributed by atoms with E-state index in [0.717, 1.165) is 77.0 Å². The molecule has 0 aliphatic carbocycles. The number of rotatable bonds is 40. The monoisotopic (exact) mass is 788 g/mol. The highest BCUT2D eigenvalue weighted by molar-refractivity contribution is 7.47. The summed E-state index contributed by atoms with van der Waals surface area (Å²) in [5, 5.41) is 21.8. The van der Waals surface area contributed by atoms with Crippen molar-refractivity contribution in [2.45, 2.75) is 206 Å². The second-order valence-corrected chi connectivity index (χ2v) is 16.0. The lowest BCUT2D eigenvalue weighted by Gasteiger charge is -2.18. The van der Waals surface area contributed by atoms with Crippen molar-refractivity contribution < 1.29 is 47.8 Å². The summed E-state index contributed by atoms with van der Waals surface area (Å²) in [5.41, 5.74) is 0. The Balaban J connectivity index is 3.93. The summed E-state index contributed by atoms with van der Waals surface area (Å²) in [4.78, 5) is 45.8. The number of unbranched alkanes of at least 4 members (excludes halogenated alkanes) is 22. The standard InChI is InChI=1S/C42H78NO10P/c1-3-5-7-9-11-13-15-17-19-20-22-24-26-28-30-32-34-41(46)51-35-38(44)36-52-54(49,50)53-37-39(42(47)48)43-40(45)33-31-29-27-25-23-21-18-16-14-12-10-8-6-4-2/h16,18-20,38-39,44H,3-15,17,21-37H2,1-2H3,(H,43,45)(H,47,48)(H,49,50)/b18-16-,20-19-. The van der Waals surface area contributed by atoms with Crippen molar-refractivity contribution in [2.24, 2.45) is 0 Å². The lowest BCUT2D eigenvalue weighted by atomic mass is 10.1. The Kier molecular flexibility index (Phi) is 36.4. The van der Waals surface area contributed by atoms with E-state index in [-0.39, 0.29) is 12.8 Å². The molecule has 0 aromatic carbocycles. The fourth-order valence-corrected chi connectivity index (χ4v) is 6.61. The van der Waals surface area contributed by atoms with Gasteiger partial charge in [-0.2, -0.15) is 0 Å². The molecule has 316 valence electrons. The normalized spacial score (nSPS) is 14.0. The number of phosphoric ester groups is 1. The maximum absolute atomic E-state index is 12.3. The molecule has 0 saturated carbocycles. The highest BCUT2D eigenvalue weighted by Crippen LogP contribution is 2.43. The van der Waals surface area contributed by atoms with Crippen molar-refractivity contribution in [3.63, 3.8) is 0 Å². The SMILES string of the molecule is CCCCCCC/C=C\CCCCCCCC(=O)NC(COP(=O)(O)OCC(O)COC(=O)CCCCCCC/C=C\CCCCCCCCC)C(=O)O. The van der Waals surface area contributed by atoms with E-state index in [2.05, 4.69) is 43.5 Å². The highest BCUT2D eigenvalue weighted by atomic mass is 31.2. The van der Waals surface area contributed by atoms with Crippen molar-refractivity contribution in [2.75, 3.05) is 19.8 Å². The number of esters is 1. The molecule has 3 unspecified atom stereocenters. The number of nitrogens with one attached hydrogen (secondary N) is 1. The number of carbonyl (C=O) groups is 3. The molecule has 0 aromatic rings. The molecule has 4 N–H and O–H groups in total. The van der Waals surface area contributed by atoms with Gasteiger partial charge in [0.2, 0.25) is 5.91 Å². The van der Waals surface area contributed by atoms with Gasteiger partial charge in [-0.05, 0) is 64.2 Å². The quantitative estimate of drug-likeness (QED) is 0.0203. The van der Waals surface area contributed by atoms with Gasteiger partial charge in [0.15, 0.2) is 6.04 Å². The van der Waals surface area contributed by atoms with Crippen molar-refractivity contribution in [1.82, 2.24) is 5.32 Å². The third-order valence-corrected chi connectivity index (χ3v) is 10.2. The van der Waals surface area contributed by atoms with Crippen LogP contribution in [0.3, 0.4) is 0 Å². The molecule has 0 saturated heterocycles. The van der Waals surface area contributed by atoms with Crippen LogP contribution >= 0.6 is 7.82 Å². The Labute approximate surface area is 328 Å². The van der Waals surface area contributed by atoms with Crippen LogP contribution in [0.15, 0.2) is 24.3 Å². The van der Waals surface area contributed by atoms with Crippen molar-refractivity contribution in [1.29, 1.82) is 0 Å². The van der Waals surface area contributed by atoms with Gasteiger partial charge in [-0.1, -0.05) is 141 Å². The average molecular weight is 788 g/mol. The van der Waals surface area contributed by atoms with Crippen LogP contribution in [0.5, 0.6) is 0 Å². The first-order valence-electron chi connectivity index (χ1n) is 21.4. The average Bonchev–Trinajstić information content (AvgIpc) is 3.14. The Morgan fingerprint density at radius 2 is 0.963 bits per heavy atom. The lowest BCUT2D eigenvalue weighted by Crippen LogP contribution is -2.43. The van der Waals surface area contributed by atoms with Crippen LogP contribution in [0.1, 0.15) is 194 Å². The van der Waals surface area contributed by atoms with Crippen molar-refractivity contribution in [3.05, 3.63) is 24.3 Å². The molecule has 0 radical (unpaired) electrons. The molecule has 0 heterocycles. The van der Waals surface area contributed by atoms with E-state index < -0.39 is 57.6 Å². The predicted octanol–water partition coefficient (Wildman–Crippen LogP) is 10.7. The molecule has 3 atom stereocenters. The van der Waals surface area contributed by atoms with Gasteiger partial charge in [0, 0.05) is 12.8 Å². The van der Waals surface area contributed by atoms with Crippen molar-refractivity contribution >= 4 is 25.7 Å². The first-order chi connectivity index (χ1) is 26.1. The summed E-state index contributed by atoms with van der Waals surface area (Å²) in [6.07, 6.45) is 37.7. The molecule has 12 heteroatoms. The molecule has 0 bridgehead atoms. The van der Waals surface area contributed by atoms with Crippen LogP contribution in [0.4, 0.5) is 0 Å². The van der Waals surface area contributed by atoms with Crippen LogP contribution in [0, 0.1) is 0 Å². The fraction of sp³-hybridized carbons (Fsp3) is 0.833. The summed E-state index contributed by atoms with van der Waals surface area (Å²) in [5.74, 6) is -2.39. The van der Waals surface area contributed by atoms with Crippen molar-refractivity contribution in [3.8, 4) is 0 Å². The zero-order valence-electron chi connectivity index (χ0n) is 34.0. The predicted molar refractivity (Wildman–Crippen MR) is 217 cm³/mol. The summed E-state index contributed by atoms with van der Waals surface area (Å²) in [6, 6.07) is -1.55. The molecular formula is C42H78NO10P. The van der Waals surface area contributed by atoms with E-state index in [4.69, 9.17) is 13.8 Å². The Hall–Kier alpha value is -2.04. The van der Waals surface area contributed by atoms with Gasteiger partial charge in [-0.25, -0.2) is 9.36 Å². The Morgan fingerprint density at radius 1 is 0.574 bits per heavy atom. The fourth-order valence-electron chi connectivity index (χ4n) is 5.83. The smallest absolute Gasteiger partial charge is 0.472 e. The third kappa shape index (κ3) is 36.9. The zero-order valence-corrected chi connectivity index (χ0v) is 34.9. The molecule has 0 fully saturated rings. The van der Waals surface area contributed by atoms with E-state index in [1.54, 1.807) is 0 Å². The van der Waals surface area contributed by atoms with E-state index in [0.29, 0.717) is 12.8 Å². The minimum atomic E-state index is -4.75. The van der Waals surface area contributed by atoms with Crippen LogP contribution in [0.25, 0.3) is 0 Å². The molecule has 1 amide bonds. The summed E-state index contributed by atoms with van der Waals surface area (Å²) in [6.45, 7) is 2.56. The van der Waals surface area contributed by atoms with Gasteiger partial charge in [-0.3, -0.25) is 18.6 Å². The number of carboxylic acid groups (broad SMARTS) is 1.